The van der Waals surface area contributed by atoms with Crippen molar-refractivity contribution in [1.29, 1.82) is 0 Å². The molecule has 0 heterocycles. The van der Waals surface area contributed by atoms with Gasteiger partial charge in [-0.15, -0.1) is 0 Å². The maximum Gasteiger partial charge on any atom is 0.243 e. The van der Waals surface area contributed by atoms with E-state index in [9.17, 15) is 12.8 Å². The molecule has 3 N–H and O–H groups in total. The minimum absolute atomic E-state index is 0.0778. The predicted molar refractivity (Wildman–Crippen MR) is 78.5 cm³/mol. The van der Waals surface area contributed by atoms with Gasteiger partial charge in [-0.1, -0.05) is 31.9 Å². The molecule has 2 unspecified atom stereocenters. The molecule has 0 amide bonds. The van der Waals surface area contributed by atoms with E-state index in [1.807, 2.05) is 13.8 Å². The summed E-state index contributed by atoms with van der Waals surface area (Å²) in [4.78, 5) is -0.458. The molecule has 0 aliphatic heterocycles. The molecule has 0 aliphatic carbocycles. The minimum Gasteiger partial charge on any atom is -0.326 e. The lowest BCUT2D eigenvalue weighted by molar-refractivity contribution is 0.432. The number of nitrogens with two attached hydrogens (primary N) is 1. The van der Waals surface area contributed by atoms with Gasteiger partial charge < -0.3 is 5.73 Å². The maximum absolute atomic E-state index is 14.1. The molecule has 0 aliphatic rings. The Kier molecular flexibility index (Phi) is 5.94. The van der Waals surface area contributed by atoms with E-state index in [1.54, 1.807) is 6.92 Å². The fourth-order valence-electron chi connectivity index (χ4n) is 1.74. The second-order valence-corrected chi connectivity index (χ2v) is 7.00. The molecule has 4 nitrogen and oxygen atoms in total. The Morgan fingerprint density at radius 1 is 1.40 bits per heavy atom. The summed E-state index contributed by atoms with van der Waals surface area (Å²) < 4.78 is 41.1. The number of nitrogens with one attached hydrogen (secondary N) is 1. The van der Waals surface area contributed by atoms with E-state index in [0.29, 0.717) is 0 Å². The molecule has 1 rings (SSSR count). The zero-order valence-corrected chi connectivity index (χ0v) is 13.4. The molecule has 0 aromatic heterocycles. The SMILES string of the molecule is CCC(C)C(C)NS(=O)(=O)c1cc(Cl)cc(CN)c1F. The van der Waals surface area contributed by atoms with Crippen LogP contribution in [0.25, 0.3) is 0 Å². The summed E-state index contributed by atoms with van der Waals surface area (Å²) in [6.45, 7) is 5.52. The molecule has 1 aromatic carbocycles. The summed E-state index contributed by atoms with van der Waals surface area (Å²) in [5.74, 6) is -0.707. The fourth-order valence-corrected chi connectivity index (χ4v) is 3.54. The van der Waals surface area contributed by atoms with E-state index in [2.05, 4.69) is 4.72 Å². The van der Waals surface area contributed by atoms with Gasteiger partial charge in [0, 0.05) is 23.2 Å². The van der Waals surface area contributed by atoms with Crippen LogP contribution in [-0.4, -0.2) is 14.5 Å². The van der Waals surface area contributed by atoms with Crippen molar-refractivity contribution in [1.82, 2.24) is 4.72 Å². The number of benzene rings is 1. The van der Waals surface area contributed by atoms with Crippen LogP contribution >= 0.6 is 11.6 Å². The fraction of sp³-hybridized carbons (Fsp3) is 0.538. The summed E-state index contributed by atoms with van der Waals surface area (Å²) in [6.07, 6.45) is 0.815. The van der Waals surface area contributed by atoms with Gasteiger partial charge in [0.1, 0.15) is 10.7 Å². The monoisotopic (exact) mass is 322 g/mol. The number of hydrogen-bond acceptors (Lipinski definition) is 3. The van der Waals surface area contributed by atoms with Gasteiger partial charge >= 0.3 is 0 Å². The van der Waals surface area contributed by atoms with Crippen LogP contribution in [0.15, 0.2) is 17.0 Å². The molecule has 0 saturated carbocycles. The second kappa shape index (κ2) is 6.85. The van der Waals surface area contributed by atoms with Crippen LogP contribution in [0.2, 0.25) is 5.02 Å². The van der Waals surface area contributed by atoms with Crippen LogP contribution in [0, 0.1) is 11.7 Å². The van der Waals surface area contributed by atoms with Crippen molar-refractivity contribution in [3.8, 4) is 0 Å². The van der Waals surface area contributed by atoms with Crippen molar-refractivity contribution in [3.63, 3.8) is 0 Å². The topological polar surface area (TPSA) is 72.2 Å². The molecular weight excluding hydrogens is 303 g/mol. The Balaban J connectivity index is 3.19. The standard InChI is InChI=1S/C13H20ClFN2O2S/c1-4-8(2)9(3)17-20(18,19)12-6-11(14)5-10(7-16)13(12)15/h5-6,8-9,17H,4,7,16H2,1-3H3. The molecule has 7 heteroatoms. The summed E-state index contributed by atoms with van der Waals surface area (Å²) in [7, 11) is -3.97. The molecule has 114 valence electrons. The third-order valence-electron chi connectivity index (χ3n) is 3.43. The van der Waals surface area contributed by atoms with Gasteiger partial charge in [0.15, 0.2) is 0 Å². The second-order valence-electron chi connectivity index (χ2n) is 4.88. The van der Waals surface area contributed by atoms with Crippen LogP contribution in [0.1, 0.15) is 32.8 Å². The van der Waals surface area contributed by atoms with E-state index in [4.69, 9.17) is 17.3 Å². The van der Waals surface area contributed by atoms with Crippen molar-refractivity contribution >= 4 is 21.6 Å². The average Bonchev–Trinajstić information content (AvgIpc) is 2.39. The highest BCUT2D eigenvalue weighted by atomic mass is 35.5. The summed E-state index contributed by atoms with van der Waals surface area (Å²) >= 11 is 5.82. The van der Waals surface area contributed by atoms with Crippen molar-refractivity contribution in [2.24, 2.45) is 11.7 Å². The molecule has 0 fully saturated rings. The third-order valence-corrected chi connectivity index (χ3v) is 5.20. The lowest BCUT2D eigenvalue weighted by Gasteiger charge is -2.20. The van der Waals surface area contributed by atoms with Crippen LogP contribution in [0.4, 0.5) is 4.39 Å². The van der Waals surface area contributed by atoms with Gasteiger partial charge in [-0.3, -0.25) is 0 Å². The van der Waals surface area contributed by atoms with E-state index in [-0.39, 0.29) is 29.1 Å². The molecule has 20 heavy (non-hydrogen) atoms. The lowest BCUT2D eigenvalue weighted by atomic mass is 10.0. The average molecular weight is 323 g/mol. The summed E-state index contributed by atoms with van der Waals surface area (Å²) in [5, 5.41) is 0.142. The third kappa shape index (κ3) is 3.91. The largest absolute Gasteiger partial charge is 0.326 e. The Morgan fingerprint density at radius 2 is 2.00 bits per heavy atom. The van der Waals surface area contributed by atoms with Gasteiger partial charge in [-0.2, -0.15) is 0 Å². The van der Waals surface area contributed by atoms with E-state index in [0.717, 1.165) is 12.5 Å². The zero-order chi connectivity index (χ0) is 15.5. The highest BCUT2D eigenvalue weighted by Crippen LogP contribution is 2.24. The van der Waals surface area contributed by atoms with Crippen molar-refractivity contribution in [2.45, 2.75) is 44.7 Å². The van der Waals surface area contributed by atoms with E-state index in [1.165, 1.54) is 6.07 Å². The van der Waals surface area contributed by atoms with E-state index >= 15 is 0 Å². The van der Waals surface area contributed by atoms with Crippen LogP contribution in [0.5, 0.6) is 0 Å². The lowest BCUT2D eigenvalue weighted by Crippen LogP contribution is -2.37. The Morgan fingerprint density at radius 3 is 2.50 bits per heavy atom. The quantitative estimate of drug-likeness (QED) is 0.845. The number of sulfonamides is 1. The van der Waals surface area contributed by atoms with Gasteiger partial charge in [-0.25, -0.2) is 17.5 Å². The molecule has 0 saturated heterocycles. The first kappa shape index (κ1) is 17.4. The molecule has 0 bridgehead atoms. The Hall–Kier alpha value is -0.690. The first-order valence-electron chi connectivity index (χ1n) is 6.43. The first-order valence-corrected chi connectivity index (χ1v) is 8.29. The van der Waals surface area contributed by atoms with Crippen LogP contribution < -0.4 is 10.5 Å². The number of halogens is 2. The molecule has 2 atom stereocenters. The highest BCUT2D eigenvalue weighted by Gasteiger charge is 2.25. The summed E-state index contributed by atoms with van der Waals surface area (Å²) in [5.41, 5.74) is 5.47. The molecular formula is C13H20ClFN2O2S. The van der Waals surface area contributed by atoms with Gasteiger partial charge in [0.25, 0.3) is 0 Å². The van der Waals surface area contributed by atoms with Gasteiger partial charge in [-0.05, 0) is 25.0 Å². The highest BCUT2D eigenvalue weighted by molar-refractivity contribution is 7.89. The predicted octanol–water partition coefficient (Wildman–Crippen LogP) is 2.65. The van der Waals surface area contributed by atoms with Crippen molar-refractivity contribution in [2.75, 3.05) is 0 Å². The molecule has 0 spiro atoms. The maximum atomic E-state index is 14.1. The minimum atomic E-state index is -3.97. The van der Waals surface area contributed by atoms with Crippen LogP contribution in [0.3, 0.4) is 0 Å². The molecule has 1 aromatic rings. The van der Waals surface area contributed by atoms with Gasteiger partial charge in [0.2, 0.25) is 10.0 Å². The van der Waals surface area contributed by atoms with E-state index < -0.39 is 20.7 Å². The number of hydrogen-bond donors (Lipinski definition) is 2. The van der Waals surface area contributed by atoms with Crippen molar-refractivity contribution < 1.29 is 12.8 Å². The normalized spacial score (nSPS) is 15.1. The smallest absolute Gasteiger partial charge is 0.243 e. The Bertz CT molecular complexity index is 578. The zero-order valence-electron chi connectivity index (χ0n) is 11.8. The van der Waals surface area contributed by atoms with Crippen LogP contribution in [-0.2, 0) is 16.6 Å². The van der Waals surface area contributed by atoms with Gasteiger partial charge in [0.05, 0.1) is 0 Å². The first-order chi connectivity index (χ1) is 9.22. The molecule has 0 radical (unpaired) electrons. The summed E-state index contributed by atoms with van der Waals surface area (Å²) in [6, 6.07) is 2.13. The Labute approximate surface area is 124 Å². The van der Waals surface area contributed by atoms with Crippen molar-refractivity contribution in [3.05, 3.63) is 28.5 Å². The number of rotatable bonds is 6.